The largest absolute Gasteiger partial charge is 0.376 e. The molecule has 2 aliphatic heterocycles. The number of aryl methyl sites for hydroxylation is 1. The minimum Gasteiger partial charge on any atom is -0.376 e. The van der Waals surface area contributed by atoms with E-state index in [0.717, 1.165) is 24.5 Å². The summed E-state index contributed by atoms with van der Waals surface area (Å²) in [6, 6.07) is 13.5. The first-order valence-electron chi connectivity index (χ1n) is 11.6. The highest BCUT2D eigenvalue weighted by Crippen LogP contribution is 2.22. The molecule has 0 saturated carbocycles. The van der Waals surface area contributed by atoms with Crippen molar-refractivity contribution in [2.45, 2.75) is 43.3 Å². The first-order valence-corrected chi connectivity index (χ1v) is 13.1. The Kier molecular flexibility index (Phi) is 7.98. The number of carbonyl (C=O) groups is 1. The van der Waals surface area contributed by atoms with Crippen LogP contribution in [0.3, 0.4) is 0 Å². The van der Waals surface area contributed by atoms with Gasteiger partial charge < -0.3 is 14.4 Å². The lowest BCUT2D eigenvalue weighted by Gasteiger charge is -2.36. The van der Waals surface area contributed by atoms with Gasteiger partial charge in [-0.1, -0.05) is 36.4 Å². The molecule has 0 spiro atoms. The van der Waals surface area contributed by atoms with Gasteiger partial charge in [-0.3, -0.25) is 4.79 Å². The standard InChI is InChI=1S/C25H31FN2O5S/c1-19-9-10-23(15-24(19)26)34(30,31)28-11-13-33-22(18-28)17-27(16-21-8-5-12-32-21)25(29)14-20-6-3-2-4-7-20/h2-4,6-7,9-10,15,21-22H,5,8,11-14,16-18H2,1H3. The fraction of sp³-hybridized carbons (Fsp3) is 0.480. The third-order valence-electron chi connectivity index (χ3n) is 6.31. The van der Waals surface area contributed by atoms with Gasteiger partial charge in [-0.2, -0.15) is 4.31 Å². The molecule has 0 aliphatic carbocycles. The van der Waals surface area contributed by atoms with Crippen molar-refractivity contribution in [1.82, 2.24) is 9.21 Å². The average Bonchev–Trinajstić information content (AvgIpc) is 3.34. The molecule has 0 radical (unpaired) electrons. The third-order valence-corrected chi connectivity index (χ3v) is 8.17. The summed E-state index contributed by atoms with van der Waals surface area (Å²) in [5.41, 5.74) is 1.31. The molecule has 2 atom stereocenters. The Morgan fingerprint density at radius 1 is 1.09 bits per heavy atom. The molecule has 2 heterocycles. The van der Waals surface area contributed by atoms with Crippen molar-refractivity contribution in [3.05, 3.63) is 65.5 Å². The summed E-state index contributed by atoms with van der Waals surface area (Å²) in [5.74, 6) is -0.606. The zero-order valence-electron chi connectivity index (χ0n) is 19.4. The van der Waals surface area contributed by atoms with Crippen LogP contribution in [-0.4, -0.2) is 75.1 Å². The van der Waals surface area contributed by atoms with Crippen LogP contribution < -0.4 is 0 Å². The summed E-state index contributed by atoms with van der Waals surface area (Å²) in [6.45, 7) is 3.46. The molecule has 2 unspecified atom stereocenters. The maximum absolute atomic E-state index is 14.0. The first kappa shape index (κ1) is 24.8. The highest BCUT2D eigenvalue weighted by molar-refractivity contribution is 7.89. The lowest BCUT2D eigenvalue weighted by Crippen LogP contribution is -2.51. The van der Waals surface area contributed by atoms with Gasteiger partial charge in [0.1, 0.15) is 5.82 Å². The summed E-state index contributed by atoms with van der Waals surface area (Å²) < 4.78 is 53.2. The normalized spacial score (nSPS) is 21.5. The van der Waals surface area contributed by atoms with Crippen molar-refractivity contribution >= 4 is 15.9 Å². The predicted molar refractivity (Wildman–Crippen MR) is 125 cm³/mol. The second-order valence-electron chi connectivity index (χ2n) is 8.86. The van der Waals surface area contributed by atoms with Crippen LogP contribution in [0.15, 0.2) is 53.4 Å². The lowest BCUT2D eigenvalue weighted by atomic mass is 10.1. The molecular formula is C25H31FN2O5S. The van der Waals surface area contributed by atoms with Crippen LogP contribution in [0.1, 0.15) is 24.0 Å². The molecule has 34 heavy (non-hydrogen) atoms. The number of hydrogen-bond donors (Lipinski definition) is 0. The van der Waals surface area contributed by atoms with Crippen LogP contribution in [0, 0.1) is 12.7 Å². The molecule has 0 N–H and O–H groups in total. The highest BCUT2D eigenvalue weighted by Gasteiger charge is 2.33. The molecule has 184 valence electrons. The number of rotatable bonds is 8. The fourth-order valence-electron chi connectivity index (χ4n) is 4.34. The Bertz CT molecular complexity index is 1090. The minimum atomic E-state index is -3.88. The Hall–Kier alpha value is -2.33. The van der Waals surface area contributed by atoms with Gasteiger partial charge in [-0.05, 0) is 43.0 Å². The van der Waals surface area contributed by atoms with Gasteiger partial charge in [0.15, 0.2) is 0 Å². The maximum atomic E-state index is 14.0. The van der Waals surface area contributed by atoms with Crippen LogP contribution in [0.4, 0.5) is 4.39 Å². The number of hydrogen-bond acceptors (Lipinski definition) is 5. The zero-order valence-corrected chi connectivity index (χ0v) is 20.2. The van der Waals surface area contributed by atoms with E-state index < -0.39 is 21.9 Å². The Morgan fingerprint density at radius 3 is 2.53 bits per heavy atom. The molecule has 7 nitrogen and oxygen atoms in total. The van der Waals surface area contributed by atoms with E-state index in [1.165, 1.54) is 16.4 Å². The Balaban J connectivity index is 1.46. The van der Waals surface area contributed by atoms with E-state index in [1.807, 2.05) is 30.3 Å². The summed E-state index contributed by atoms with van der Waals surface area (Å²) >= 11 is 0. The summed E-state index contributed by atoms with van der Waals surface area (Å²) in [6.07, 6.45) is 1.59. The van der Waals surface area contributed by atoms with Crippen LogP contribution in [0.2, 0.25) is 0 Å². The second-order valence-corrected chi connectivity index (χ2v) is 10.8. The van der Waals surface area contributed by atoms with Gasteiger partial charge in [0.05, 0.1) is 30.1 Å². The van der Waals surface area contributed by atoms with E-state index in [-0.39, 0.29) is 49.6 Å². The number of carbonyl (C=O) groups excluding carboxylic acids is 1. The van der Waals surface area contributed by atoms with E-state index in [2.05, 4.69) is 0 Å². The van der Waals surface area contributed by atoms with Crippen molar-refractivity contribution in [2.75, 3.05) is 39.4 Å². The molecule has 2 aliphatic rings. The smallest absolute Gasteiger partial charge is 0.243 e. The summed E-state index contributed by atoms with van der Waals surface area (Å²) in [7, 11) is -3.88. The third kappa shape index (κ3) is 6.02. The Labute approximate surface area is 200 Å². The van der Waals surface area contributed by atoms with Crippen molar-refractivity contribution in [3.8, 4) is 0 Å². The number of sulfonamides is 1. The highest BCUT2D eigenvalue weighted by atomic mass is 32.2. The van der Waals surface area contributed by atoms with Gasteiger partial charge in [0, 0.05) is 32.8 Å². The Morgan fingerprint density at radius 2 is 1.82 bits per heavy atom. The SMILES string of the molecule is Cc1ccc(S(=O)(=O)N2CCOC(CN(CC3CCCO3)C(=O)Cc3ccccc3)C2)cc1F. The molecule has 0 aromatic heterocycles. The first-order chi connectivity index (χ1) is 16.3. The van der Waals surface area contributed by atoms with E-state index >= 15 is 0 Å². The minimum absolute atomic E-state index is 0.0290. The molecular weight excluding hydrogens is 459 g/mol. The number of ether oxygens (including phenoxy) is 2. The van der Waals surface area contributed by atoms with E-state index in [0.29, 0.717) is 18.7 Å². The van der Waals surface area contributed by atoms with E-state index in [1.54, 1.807) is 11.8 Å². The van der Waals surface area contributed by atoms with Crippen LogP contribution >= 0.6 is 0 Å². The molecule has 1 amide bonds. The van der Waals surface area contributed by atoms with Gasteiger partial charge in [0.2, 0.25) is 15.9 Å². The van der Waals surface area contributed by atoms with Crippen molar-refractivity contribution in [1.29, 1.82) is 0 Å². The van der Waals surface area contributed by atoms with Crippen LogP contribution in [0.25, 0.3) is 0 Å². The van der Waals surface area contributed by atoms with Gasteiger partial charge in [0.25, 0.3) is 0 Å². The van der Waals surface area contributed by atoms with E-state index in [9.17, 15) is 17.6 Å². The average molecular weight is 491 g/mol. The molecule has 2 saturated heterocycles. The number of nitrogens with zero attached hydrogens (tertiary/aromatic N) is 2. The van der Waals surface area contributed by atoms with Crippen molar-refractivity contribution in [3.63, 3.8) is 0 Å². The fourth-order valence-corrected chi connectivity index (χ4v) is 5.81. The number of amides is 1. The van der Waals surface area contributed by atoms with Crippen LogP contribution in [-0.2, 0) is 30.7 Å². The summed E-state index contributed by atoms with van der Waals surface area (Å²) in [4.78, 5) is 14.8. The molecule has 9 heteroatoms. The molecule has 4 rings (SSSR count). The van der Waals surface area contributed by atoms with Gasteiger partial charge in [-0.15, -0.1) is 0 Å². The molecule has 2 aromatic carbocycles. The number of halogens is 1. The quantitative estimate of drug-likeness (QED) is 0.569. The molecule has 0 bridgehead atoms. The predicted octanol–water partition coefficient (Wildman–Crippen LogP) is 2.77. The van der Waals surface area contributed by atoms with Crippen molar-refractivity contribution < 1.29 is 27.1 Å². The van der Waals surface area contributed by atoms with E-state index in [4.69, 9.17) is 9.47 Å². The molecule has 2 aromatic rings. The van der Waals surface area contributed by atoms with Gasteiger partial charge >= 0.3 is 0 Å². The lowest BCUT2D eigenvalue weighted by molar-refractivity contribution is -0.135. The maximum Gasteiger partial charge on any atom is 0.243 e. The second kappa shape index (κ2) is 10.9. The van der Waals surface area contributed by atoms with Gasteiger partial charge in [-0.25, -0.2) is 12.8 Å². The zero-order chi connectivity index (χ0) is 24.1. The molecule has 2 fully saturated rings. The van der Waals surface area contributed by atoms with Crippen LogP contribution in [0.5, 0.6) is 0 Å². The number of morpholine rings is 1. The number of benzene rings is 2. The topological polar surface area (TPSA) is 76.2 Å². The summed E-state index contributed by atoms with van der Waals surface area (Å²) in [5, 5.41) is 0. The monoisotopic (exact) mass is 490 g/mol. The van der Waals surface area contributed by atoms with Crippen molar-refractivity contribution in [2.24, 2.45) is 0 Å².